The van der Waals surface area contributed by atoms with Crippen LogP contribution in [-0.2, 0) is 4.74 Å². The number of alkyl halides is 2. The second-order valence-corrected chi connectivity index (χ2v) is 4.85. The van der Waals surface area contributed by atoms with Crippen molar-refractivity contribution in [2.75, 3.05) is 27.4 Å². The largest absolute Gasteiger partial charge is 0.493 e. The molecule has 1 rings (SSSR count). The highest BCUT2D eigenvalue weighted by molar-refractivity contribution is 9.10. The summed E-state index contributed by atoms with van der Waals surface area (Å²) in [5.41, 5.74) is 0.586. The average Bonchev–Trinajstić information content (AvgIpc) is 2.42. The molecule has 114 valence electrons. The minimum absolute atomic E-state index is 0.0479. The van der Waals surface area contributed by atoms with Crippen LogP contribution < -0.4 is 9.47 Å². The average molecular weight is 355 g/mol. The molecule has 0 bridgehead atoms. The maximum absolute atomic E-state index is 11.9. The van der Waals surface area contributed by atoms with Crippen LogP contribution in [0.5, 0.6) is 11.5 Å². The van der Waals surface area contributed by atoms with E-state index in [1.807, 2.05) is 0 Å². The first-order valence-corrected chi connectivity index (χ1v) is 6.74. The van der Waals surface area contributed by atoms with Gasteiger partial charge in [-0.2, -0.15) is 0 Å². The number of hydrogen-bond acceptors (Lipinski definition) is 4. The van der Waals surface area contributed by atoms with Gasteiger partial charge in [-0.25, -0.2) is 8.78 Å². The number of hydrogen-bond donors (Lipinski definition) is 1. The van der Waals surface area contributed by atoms with E-state index < -0.39 is 19.1 Å². The molecule has 7 heteroatoms. The van der Waals surface area contributed by atoms with E-state index in [9.17, 15) is 13.9 Å². The Morgan fingerprint density at radius 3 is 2.35 bits per heavy atom. The molecule has 0 saturated carbocycles. The molecule has 0 radical (unpaired) electrons. The number of ether oxygens (including phenoxy) is 3. The quantitative estimate of drug-likeness (QED) is 0.728. The summed E-state index contributed by atoms with van der Waals surface area (Å²) < 4.78 is 39.5. The van der Waals surface area contributed by atoms with Crippen LogP contribution in [0.25, 0.3) is 0 Å². The number of benzene rings is 1. The Bertz CT molecular complexity index is 429. The Hall–Kier alpha value is -0.920. The highest BCUT2D eigenvalue weighted by Crippen LogP contribution is 2.36. The van der Waals surface area contributed by atoms with Crippen molar-refractivity contribution in [2.45, 2.75) is 19.0 Å². The summed E-state index contributed by atoms with van der Waals surface area (Å²) in [4.78, 5) is 0. The molecule has 4 nitrogen and oxygen atoms in total. The van der Waals surface area contributed by atoms with Crippen LogP contribution in [0.2, 0.25) is 0 Å². The van der Waals surface area contributed by atoms with Crippen molar-refractivity contribution in [1.29, 1.82) is 0 Å². The summed E-state index contributed by atoms with van der Waals surface area (Å²) in [7, 11) is 3.01. The Balaban J connectivity index is 2.69. The molecule has 0 aromatic heterocycles. The molecule has 1 N–H and O–H groups in total. The molecule has 1 aromatic carbocycles. The first-order chi connectivity index (χ1) is 9.49. The fourth-order valence-electron chi connectivity index (χ4n) is 1.65. The normalized spacial score (nSPS) is 12.6. The van der Waals surface area contributed by atoms with E-state index in [-0.39, 0.29) is 13.0 Å². The zero-order valence-electron chi connectivity index (χ0n) is 11.2. The number of halogens is 3. The van der Waals surface area contributed by atoms with E-state index in [4.69, 9.17) is 14.2 Å². The molecular formula is C13H17BrF2O4. The summed E-state index contributed by atoms with van der Waals surface area (Å²) in [6.45, 7) is -0.577. The highest BCUT2D eigenvalue weighted by atomic mass is 79.9. The molecule has 20 heavy (non-hydrogen) atoms. The van der Waals surface area contributed by atoms with Gasteiger partial charge in [0, 0.05) is 17.5 Å². The SMILES string of the molecule is COc1cc(Br)c(C(O)CCOCC(F)F)cc1OC. The highest BCUT2D eigenvalue weighted by Gasteiger charge is 2.16. The number of methoxy groups -OCH3 is 2. The molecule has 0 aliphatic heterocycles. The van der Waals surface area contributed by atoms with Gasteiger partial charge in [0.15, 0.2) is 11.5 Å². The molecule has 0 saturated heterocycles. The molecule has 0 aliphatic carbocycles. The summed E-state index contributed by atoms with van der Waals surface area (Å²) in [6.07, 6.45) is -3.14. The van der Waals surface area contributed by atoms with Gasteiger partial charge in [-0.1, -0.05) is 15.9 Å². The molecular weight excluding hydrogens is 338 g/mol. The smallest absolute Gasteiger partial charge is 0.261 e. The zero-order valence-corrected chi connectivity index (χ0v) is 12.8. The van der Waals surface area contributed by atoms with Crippen LogP contribution in [0.3, 0.4) is 0 Å². The Morgan fingerprint density at radius 1 is 1.20 bits per heavy atom. The third kappa shape index (κ3) is 4.88. The maximum Gasteiger partial charge on any atom is 0.261 e. The standard InChI is InChI=1S/C13H17BrF2O4/c1-18-11-5-8(9(14)6-12(11)19-2)10(17)3-4-20-7-13(15)16/h5-6,10,13,17H,3-4,7H2,1-2H3. The minimum Gasteiger partial charge on any atom is -0.493 e. The van der Waals surface area contributed by atoms with Crippen LogP contribution in [0, 0.1) is 0 Å². The van der Waals surface area contributed by atoms with Crippen LogP contribution in [0.4, 0.5) is 8.78 Å². The van der Waals surface area contributed by atoms with Crippen LogP contribution in [0.15, 0.2) is 16.6 Å². The van der Waals surface area contributed by atoms with Crippen molar-refractivity contribution in [3.05, 3.63) is 22.2 Å². The van der Waals surface area contributed by atoms with Crippen LogP contribution in [0.1, 0.15) is 18.1 Å². The van der Waals surface area contributed by atoms with Crippen molar-refractivity contribution >= 4 is 15.9 Å². The van der Waals surface area contributed by atoms with Crippen molar-refractivity contribution in [2.24, 2.45) is 0 Å². The second kappa shape index (κ2) is 8.39. The maximum atomic E-state index is 11.9. The number of rotatable bonds is 8. The van der Waals surface area contributed by atoms with E-state index in [0.717, 1.165) is 0 Å². The van der Waals surface area contributed by atoms with Crippen molar-refractivity contribution < 1.29 is 28.1 Å². The number of aliphatic hydroxyl groups is 1. The molecule has 0 spiro atoms. The Morgan fingerprint density at radius 2 is 1.80 bits per heavy atom. The van der Waals surface area contributed by atoms with Gasteiger partial charge in [0.25, 0.3) is 6.43 Å². The molecule has 1 unspecified atom stereocenters. The van der Waals surface area contributed by atoms with Crippen molar-refractivity contribution in [3.8, 4) is 11.5 Å². The Kier molecular flexibility index (Phi) is 7.18. The lowest BCUT2D eigenvalue weighted by molar-refractivity contribution is 0.00472. The predicted octanol–water partition coefficient (Wildman–Crippen LogP) is 3.17. The fourth-order valence-corrected chi connectivity index (χ4v) is 2.23. The molecule has 0 fully saturated rings. The van der Waals surface area contributed by atoms with Gasteiger partial charge in [0.2, 0.25) is 0 Å². The van der Waals surface area contributed by atoms with Gasteiger partial charge in [-0.05, 0) is 17.7 Å². The van der Waals surface area contributed by atoms with E-state index in [1.54, 1.807) is 12.1 Å². The minimum atomic E-state index is -2.50. The summed E-state index contributed by atoms with van der Waals surface area (Å²) in [5.74, 6) is 1.02. The van der Waals surface area contributed by atoms with Gasteiger partial charge < -0.3 is 19.3 Å². The summed E-state index contributed by atoms with van der Waals surface area (Å²) in [6, 6.07) is 3.32. The lowest BCUT2D eigenvalue weighted by Crippen LogP contribution is -2.09. The lowest BCUT2D eigenvalue weighted by atomic mass is 10.1. The van der Waals surface area contributed by atoms with E-state index in [2.05, 4.69) is 15.9 Å². The van der Waals surface area contributed by atoms with Crippen molar-refractivity contribution in [1.82, 2.24) is 0 Å². The predicted molar refractivity (Wildman–Crippen MR) is 73.6 cm³/mol. The topological polar surface area (TPSA) is 47.9 Å². The van der Waals surface area contributed by atoms with Gasteiger partial charge in [-0.15, -0.1) is 0 Å². The van der Waals surface area contributed by atoms with Crippen LogP contribution >= 0.6 is 15.9 Å². The Labute approximate surface area is 124 Å². The molecule has 0 heterocycles. The second-order valence-electron chi connectivity index (χ2n) is 4.00. The molecule has 1 atom stereocenters. The first kappa shape index (κ1) is 17.1. The third-order valence-electron chi connectivity index (χ3n) is 2.64. The molecule has 1 aromatic rings. The third-order valence-corrected chi connectivity index (χ3v) is 3.33. The number of aliphatic hydroxyl groups excluding tert-OH is 1. The van der Waals surface area contributed by atoms with Gasteiger partial charge in [0.05, 0.1) is 20.3 Å². The monoisotopic (exact) mass is 354 g/mol. The van der Waals surface area contributed by atoms with E-state index in [1.165, 1.54) is 14.2 Å². The summed E-state index contributed by atoms with van der Waals surface area (Å²) >= 11 is 3.33. The van der Waals surface area contributed by atoms with E-state index >= 15 is 0 Å². The zero-order chi connectivity index (χ0) is 15.1. The first-order valence-electron chi connectivity index (χ1n) is 5.95. The van der Waals surface area contributed by atoms with Gasteiger partial charge in [0.1, 0.15) is 6.61 Å². The van der Waals surface area contributed by atoms with Crippen molar-refractivity contribution in [3.63, 3.8) is 0 Å². The lowest BCUT2D eigenvalue weighted by Gasteiger charge is -2.16. The fraction of sp³-hybridized carbons (Fsp3) is 0.538. The van der Waals surface area contributed by atoms with Gasteiger partial charge >= 0.3 is 0 Å². The molecule has 0 aliphatic rings. The van der Waals surface area contributed by atoms with Gasteiger partial charge in [-0.3, -0.25) is 0 Å². The van der Waals surface area contributed by atoms with E-state index in [0.29, 0.717) is 21.5 Å². The molecule has 0 amide bonds. The van der Waals surface area contributed by atoms with Crippen LogP contribution in [-0.4, -0.2) is 39.0 Å². The summed E-state index contributed by atoms with van der Waals surface area (Å²) in [5, 5.41) is 10.1.